The highest BCUT2D eigenvalue weighted by Crippen LogP contribution is 2.32. The number of para-hydroxylation sites is 1. The maximum atomic E-state index is 12.8. The fraction of sp³-hybridized carbons (Fsp3) is 0.526. The maximum absolute atomic E-state index is 12.8. The SMILES string of the molecule is O=C(NC1CCCCC1)N1CCCC1c1nncn1-c1ccccc1. The number of benzene rings is 1. The van der Waals surface area contributed by atoms with Crippen molar-refractivity contribution in [2.75, 3.05) is 6.54 Å². The van der Waals surface area contributed by atoms with Gasteiger partial charge in [-0.3, -0.25) is 4.57 Å². The average molecular weight is 339 g/mol. The lowest BCUT2D eigenvalue weighted by Crippen LogP contribution is -2.45. The third-order valence-electron chi connectivity index (χ3n) is 5.35. The van der Waals surface area contributed by atoms with Crippen LogP contribution in [-0.4, -0.2) is 38.3 Å². The fourth-order valence-corrected chi connectivity index (χ4v) is 4.04. The smallest absolute Gasteiger partial charge is 0.318 e. The Morgan fingerprint density at radius 2 is 1.84 bits per heavy atom. The molecule has 1 saturated carbocycles. The predicted molar refractivity (Wildman–Crippen MR) is 95.4 cm³/mol. The zero-order valence-corrected chi connectivity index (χ0v) is 14.5. The molecule has 25 heavy (non-hydrogen) atoms. The molecule has 6 heteroatoms. The number of hydrogen-bond donors (Lipinski definition) is 1. The molecule has 1 saturated heterocycles. The van der Waals surface area contributed by atoms with Crippen molar-refractivity contribution in [2.45, 2.75) is 57.0 Å². The molecule has 0 radical (unpaired) electrons. The predicted octanol–water partition coefficient (Wildman–Crippen LogP) is 3.45. The Kier molecular flexibility index (Phi) is 4.68. The summed E-state index contributed by atoms with van der Waals surface area (Å²) in [6.07, 6.45) is 9.61. The molecule has 1 atom stereocenters. The molecule has 2 heterocycles. The molecular weight excluding hydrogens is 314 g/mol. The van der Waals surface area contributed by atoms with Gasteiger partial charge in [0.15, 0.2) is 5.82 Å². The molecule has 2 aliphatic rings. The highest BCUT2D eigenvalue weighted by molar-refractivity contribution is 5.75. The Balaban J connectivity index is 1.52. The normalized spacial score (nSPS) is 21.4. The third-order valence-corrected chi connectivity index (χ3v) is 5.35. The molecule has 1 N–H and O–H groups in total. The van der Waals surface area contributed by atoms with Crippen LogP contribution in [0.2, 0.25) is 0 Å². The quantitative estimate of drug-likeness (QED) is 0.931. The van der Waals surface area contributed by atoms with E-state index in [2.05, 4.69) is 15.5 Å². The van der Waals surface area contributed by atoms with Crippen LogP contribution in [0.25, 0.3) is 5.69 Å². The van der Waals surface area contributed by atoms with Crippen LogP contribution in [0.3, 0.4) is 0 Å². The van der Waals surface area contributed by atoms with E-state index in [1.54, 1.807) is 6.33 Å². The fourth-order valence-electron chi connectivity index (χ4n) is 4.04. The van der Waals surface area contributed by atoms with Crippen molar-refractivity contribution in [2.24, 2.45) is 0 Å². The molecule has 132 valence electrons. The molecule has 1 unspecified atom stereocenters. The van der Waals surface area contributed by atoms with E-state index in [-0.39, 0.29) is 12.1 Å². The second kappa shape index (κ2) is 7.25. The number of aromatic nitrogens is 3. The lowest BCUT2D eigenvalue weighted by Gasteiger charge is -2.29. The molecule has 6 nitrogen and oxygen atoms in total. The molecule has 0 bridgehead atoms. The van der Waals surface area contributed by atoms with Crippen molar-refractivity contribution < 1.29 is 4.79 Å². The van der Waals surface area contributed by atoms with E-state index in [1.165, 1.54) is 19.3 Å². The standard InChI is InChI=1S/C19H25N5O/c25-19(21-15-8-3-1-4-9-15)23-13-7-12-17(23)18-22-20-14-24(18)16-10-5-2-6-11-16/h2,5-6,10-11,14-15,17H,1,3-4,7-9,12-13H2,(H,21,25). The van der Waals surface area contributed by atoms with Gasteiger partial charge in [0.1, 0.15) is 6.33 Å². The summed E-state index contributed by atoms with van der Waals surface area (Å²) in [4.78, 5) is 14.8. The van der Waals surface area contributed by atoms with Gasteiger partial charge in [-0.05, 0) is 37.8 Å². The lowest BCUT2D eigenvalue weighted by atomic mass is 9.96. The van der Waals surface area contributed by atoms with Crippen LogP contribution >= 0.6 is 0 Å². The Labute approximate surface area is 148 Å². The molecule has 1 aromatic carbocycles. The summed E-state index contributed by atoms with van der Waals surface area (Å²) >= 11 is 0. The monoisotopic (exact) mass is 339 g/mol. The minimum Gasteiger partial charge on any atom is -0.335 e. The second-order valence-corrected chi connectivity index (χ2v) is 7.03. The van der Waals surface area contributed by atoms with E-state index >= 15 is 0 Å². The average Bonchev–Trinajstić information content (AvgIpc) is 3.32. The molecule has 1 aliphatic carbocycles. The van der Waals surface area contributed by atoms with Crippen molar-refractivity contribution >= 4 is 6.03 Å². The van der Waals surface area contributed by atoms with Crippen LogP contribution in [0.1, 0.15) is 56.8 Å². The van der Waals surface area contributed by atoms with Gasteiger partial charge in [-0.15, -0.1) is 10.2 Å². The van der Waals surface area contributed by atoms with Gasteiger partial charge in [-0.25, -0.2) is 4.79 Å². The van der Waals surface area contributed by atoms with Crippen molar-refractivity contribution in [3.63, 3.8) is 0 Å². The number of nitrogens with zero attached hydrogens (tertiary/aromatic N) is 4. The molecule has 2 aromatic rings. The molecule has 4 rings (SSSR count). The zero-order valence-electron chi connectivity index (χ0n) is 14.5. The van der Waals surface area contributed by atoms with E-state index in [0.29, 0.717) is 6.04 Å². The van der Waals surface area contributed by atoms with Crippen LogP contribution in [-0.2, 0) is 0 Å². The third kappa shape index (κ3) is 3.38. The Morgan fingerprint density at radius 3 is 2.64 bits per heavy atom. The van der Waals surface area contributed by atoms with E-state index in [1.807, 2.05) is 39.8 Å². The molecule has 1 aliphatic heterocycles. The van der Waals surface area contributed by atoms with Gasteiger partial charge >= 0.3 is 6.03 Å². The van der Waals surface area contributed by atoms with E-state index < -0.39 is 0 Å². The molecule has 2 fully saturated rings. The Morgan fingerprint density at radius 1 is 1.04 bits per heavy atom. The number of carbonyl (C=O) groups is 1. The molecular formula is C19H25N5O. The topological polar surface area (TPSA) is 63.1 Å². The van der Waals surface area contributed by atoms with E-state index in [9.17, 15) is 4.79 Å². The Bertz CT molecular complexity index is 708. The van der Waals surface area contributed by atoms with E-state index in [0.717, 1.165) is 43.7 Å². The number of nitrogens with one attached hydrogen (secondary N) is 1. The summed E-state index contributed by atoms with van der Waals surface area (Å²) in [5, 5.41) is 11.7. The second-order valence-electron chi connectivity index (χ2n) is 7.03. The van der Waals surface area contributed by atoms with Crippen LogP contribution in [0, 0.1) is 0 Å². The van der Waals surface area contributed by atoms with Gasteiger partial charge in [0.25, 0.3) is 0 Å². The first kappa shape index (κ1) is 16.1. The largest absolute Gasteiger partial charge is 0.335 e. The van der Waals surface area contributed by atoms with Gasteiger partial charge in [-0.1, -0.05) is 37.5 Å². The number of likely N-dealkylation sites (tertiary alicyclic amines) is 1. The summed E-state index contributed by atoms with van der Waals surface area (Å²) in [6.45, 7) is 0.783. The zero-order chi connectivity index (χ0) is 17.1. The Hall–Kier alpha value is -2.37. The van der Waals surface area contributed by atoms with Crippen LogP contribution in [0.15, 0.2) is 36.7 Å². The molecule has 0 spiro atoms. The maximum Gasteiger partial charge on any atom is 0.318 e. The van der Waals surface area contributed by atoms with Gasteiger partial charge in [0.05, 0.1) is 6.04 Å². The van der Waals surface area contributed by atoms with Crippen LogP contribution in [0.4, 0.5) is 4.79 Å². The summed E-state index contributed by atoms with van der Waals surface area (Å²) in [5.74, 6) is 0.850. The summed E-state index contributed by atoms with van der Waals surface area (Å²) in [7, 11) is 0. The van der Waals surface area contributed by atoms with Crippen molar-refractivity contribution in [3.8, 4) is 5.69 Å². The first-order chi connectivity index (χ1) is 12.3. The summed E-state index contributed by atoms with van der Waals surface area (Å²) in [6, 6.07) is 10.4. The number of amides is 2. The van der Waals surface area contributed by atoms with Crippen LogP contribution < -0.4 is 5.32 Å². The minimum atomic E-state index is -0.00806. The van der Waals surface area contributed by atoms with Crippen LogP contribution in [0.5, 0.6) is 0 Å². The summed E-state index contributed by atoms with van der Waals surface area (Å²) in [5.41, 5.74) is 1.03. The van der Waals surface area contributed by atoms with Crippen molar-refractivity contribution in [1.82, 2.24) is 25.0 Å². The highest BCUT2D eigenvalue weighted by atomic mass is 16.2. The number of rotatable bonds is 3. The van der Waals surface area contributed by atoms with Gasteiger partial charge in [0.2, 0.25) is 0 Å². The van der Waals surface area contributed by atoms with Gasteiger partial charge in [0, 0.05) is 18.3 Å². The van der Waals surface area contributed by atoms with E-state index in [4.69, 9.17) is 0 Å². The van der Waals surface area contributed by atoms with Crippen molar-refractivity contribution in [3.05, 3.63) is 42.5 Å². The first-order valence-corrected chi connectivity index (χ1v) is 9.35. The number of urea groups is 1. The summed E-state index contributed by atoms with van der Waals surface area (Å²) < 4.78 is 2.00. The lowest BCUT2D eigenvalue weighted by molar-refractivity contribution is 0.183. The molecule has 2 amide bonds. The van der Waals surface area contributed by atoms with Crippen molar-refractivity contribution in [1.29, 1.82) is 0 Å². The van der Waals surface area contributed by atoms with Gasteiger partial charge in [-0.2, -0.15) is 0 Å². The highest BCUT2D eigenvalue weighted by Gasteiger charge is 2.34. The molecule has 1 aromatic heterocycles. The number of hydrogen-bond acceptors (Lipinski definition) is 3. The number of carbonyl (C=O) groups excluding carboxylic acids is 1. The first-order valence-electron chi connectivity index (χ1n) is 9.35. The minimum absolute atomic E-state index is 0.00806. The van der Waals surface area contributed by atoms with Gasteiger partial charge < -0.3 is 10.2 Å².